The number of rotatable bonds is 6. The number of fused-ring (bicyclic) bond motifs is 1. The van der Waals surface area contributed by atoms with E-state index >= 15 is 0 Å². The van der Waals surface area contributed by atoms with Crippen molar-refractivity contribution < 1.29 is 9.59 Å². The normalized spacial score (nSPS) is 16.6. The maximum atomic E-state index is 12.5. The number of hydrogen-bond donors (Lipinski definition) is 2. The van der Waals surface area contributed by atoms with Crippen LogP contribution in [0.25, 0.3) is 6.08 Å². The molecule has 0 fully saturated rings. The van der Waals surface area contributed by atoms with Gasteiger partial charge in [0.15, 0.2) is 0 Å². The Hall–Kier alpha value is -1.92. The first-order valence-corrected chi connectivity index (χ1v) is 11.5. The van der Waals surface area contributed by atoms with Crippen LogP contribution < -0.4 is 11.1 Å². The molecule has 3 N–H and O–H groups in total. The predicted molar refractivity (Wildman–Crippen MR) is 124 cm³/mol. The second-order valence-electron chi connectivity index (χ2n) is 8.23. The molecule has 0 bridgehead atoms. The van der Waals surface area contributed by atoms with Crippen molar-refractivity contribution in [2.24, 2.45) is 17.1 Å². The summed E-state index contributed by atoms with van der Waals surface area (Å²) in [6.45, 7) is 6.84. The summed E-state index contributed by atoms with van der Waals surface area (Å²) in [5.41, 5.74) is 8.37. The van der Waals surface area contributed by atoms with Crippen LogP contribution in [0.2, 0.25) is 0 Å². The number of amides is 2. The van der Waals surface area contributed by atoms with Crippen LogP contribution in [0, 0.1) is 11.3 Å². The summed E-state index contributed by atoms with van der Waals surface area (Å²) in [6.07, 6.45) is 7.16. The van der Waals surface area contributed by atoms with Crippen molar-refractivity contribution in [3.8, 4) is 0 Å². The number of thiophene rings is 1. The smallest absolute Gasteiger partial charge is 0.251 e. The first-order chi connectivity index (χ1) is 13.7. The summed E-state index contributed by atoms with van der Waals surface area (Å²) < 4.78 is 0.985. The fourth-order valence-corrected chi connectivity index (χ4v) is 5.39. The van der Waals surface area contributed by atoms with Crippen LogP contribution in [0.1, 0.15) is 60.0 Å². The van der Waals surface area contributed by atoms with Gasteiger partial charge in [-0.2, -0.15) is 0 Å². The number of nitrogens with one attached hydrogen (secondary N) is 1. The Bertz CT molecular complexity index is 945. The molecule has 3 rings (SSSR count). The zero-order valence-electron chi connectivity index (χ0n) is 17.0. The van der Waals surface area contributed by atoms with Crippen molar-refractivity contribution in [1.82, 2.24) is 0 Å². The number of halogens is 1. The van der Waals surface area contributed by atoms with Crippen molar-refractivity contribution in [2.75, 3.05) is 5.32 Å². The standard InChI is InChI=1S/C23H27BrN2O2S/c1-4-23(2,3)15-8-11-17-18(13-15)29-22(20(17)21(25)28)26-19(27)12-7-14-5-9-16(24)10-6-14/h5-7,9-10,12,15H,4,8,11,13H2,1-3H3,(H2,25,28)(H,26,27)/b12-7+. The lowest BCUT2D eigenvalue weighted by atomic mass is 9.69. The van der Waals surface area contributed by atoms with Gasteiger partial charge in [0.1, 0.15) is 5.00 Å². The van der Waals surface area contributed by atoms with Gasteiger partial charge in [-0.25, -0.2) is 0 Å². The largest absolute Gasteiger partial charge is 0.365 e. The topological polar surface area (TPSA) is 72.2 Å². The Morgan fingerprint density at radius 2 is 2.00 bits per heavy atom. The number of anilines is 1. The second kappa shape index (κ2) is 8.84. The summed E-state index contributed by atoms with van der Waals surface area (Å²) in [4.78, 5) is 25.8. The highest BCUT2D eigenvalue weighted by Crippen LogP contribution is 2.45. The van der Waals surface area contributed by atoms with Crippen LogP contribution in [-0.2, 0) is 17.6 Å². The van der Waals surface area contributed by atoms with Gasteiger partial charge in [-0.3, -0.25) is 9.59 Å². The number of benzene rings is 1. The second-order valence-corrected chi connectivity index (χ2v) is 10.2. The lowest BCUT2D eigenvalue weighted by molar-refractivity contribution is -0.111. The molecule has 1 heterocycles. The van der Waals surface area contributed by atoms with Crippen LogP contribution in [0.5, 0.6) is 0 Å². The molecule has 0 saturated heterocycles. The molecule has 1 unspecified atom stereocenters. The third kappa shape index (κ3) is 4.98. The van der Waals surface area contributed by atoms with Crippen LogP contribution in [-0.4, -0.2) is 11.8 Å². The zero-order valence-corrected chi connectivity index (χ0v) is 19.5. The average molecular weight is 475 g/mol. The fraction of sp³-hybridized carbons (Fsp3) is 0.391. The van der Waals surface area contributed by atoms with Crippen LogP contribution in [0.3, 0.4) is 0 Å². The van der Waals surface area contributed by atoms with E-state index < -0.39 is 5.91 Å². The summed E-state index contributed by atoms with van der Waals surface area (Å²) in [7, 11) is 0. The van der Waals surface area contributed by atoms with Crippen LogP contribution in [0.4, 0.5) is 5.00 Å². The van der Waals surface area contributed by atoms with Crippen molar-refractivity contribution >= 4 is 50.2 Å². The van der Waals surface area contributed by atoms with Crippen LogP contribution in [0.15, 0.2) is 34.8 Å². The number of hydrogen-bond acceptors (Lipinski definition) is 3. The maximum absolute atomic E-state index is 12.5. The van der Waals surface area contributed by atoms with Gasteiger partial charge in [0.25, 0.3) is 5.91 Å². The van der Waals surface area contributed by atoms with Gasteiger partial charge in [-0.1, -0.05) is 55.3 Å². The molecular weight excluding hydrogens is 448 g/mol. The molecular formula is C23H27BrN2O2S. The van der Waals surface area contributed by atoms with Gasteiger partial charge >= 0.3 is 0 Å². The quantitative estimate of drug-likeness (QED) is 0.518. The molecule has 1 aliphatic carbocycles. The molecule has 1 aromatic carbocycles. The molecule has 0 radical (unpaired) electrons. The SMILES string of the molecule is CCC(C)(C)C1CCc2c(sc(NC(=O)/C=C/c3ccc(Br)cc3)c2C(N)=O)C1. The minimum atomic E-state index is -0.470. The van der Waals surface area contributed by atoms with Crippen molar-refractivity contribution in [2.45, 2.75) is 46.5 Å². The first-order valence-electron chi connectivity index (χ1n) is 9.90. The summed E-state index contributed by atoms with van der Waals surface area (Å²) >= 11 is 4.89. The Balaban J connectivity index is 1.80. The minimum absolute atomic E-state index is 0.255. The van der Waals surface area contributed by atoms with Crippen molar-refractivity contribution in [3.05, 3.63) is 56.4 Å². The summed E-state index contributed by atoms with van der Waals surface area (Å²) in [6, 6.07) is 7.68. The van der Waals surface area contributed by atoms with E-state index in [1.807, 2.05) is 24.3 Å². The monoisotopic (exact) mass is 474 g/mol. The molecule has 2 amide bonds. The lowest BCUT2D eigenvalue weighted by Gasteiger charge is -2.36. The average Bonchev–Trinajstić information content (AvgIpc) is 3.04. The highest BCUT2D eigenvalue weighted by atomic mass is 79.9. The molecule has 154 valence electrons. The van der Waals surface area contributed by atoms with E-state index in [4.69, 9.17) is 5.73 Å². The van der Waals surface area contributed by atoms with Gasteiger partial charge in [-0.15, -0.1) is 11.3 Å². The van der Waals surface area contributed by atoms with Gasteiger partial charge < -0.3 is 11.1 Å². The third-order valence-electron chi connectivity index (χ3n) is 6.06. The molecule has 6 heteroatoms. The van der Waals surface area contributed by atoms with Crippen molar-refractivity contribution in [1.29, 1.82) is 0 Å². The van der Waals surface area contributed by atoms with Gasteiger partial charge in [0.05, 0.1) is 5.56 Å². The fourth-order valence-electron chi connectivity index (χ4n) is 3.79. The molecule has 2 aromatic rings. The first kappa shape index (κ1) is 21.8. The molecule has 4 nitrogen and oxygen atoms in total. The number of primary amides is 1. The molecule has 1 atom stereocenters. The maximum Gasteiger partial charge on any atom is 0.251 e. The van der Waals surface area contributed by atoms with Gasteiger partial charge in [0, 0.05) is 15.4 Å². The Morgan fingerprint density at radius 3 is 2.62 bits per heavy atom. The number of nitrogens with two attached hydrogens (primary N) is 1. The lowest BCUT2D eigenvalue weighted by Crippen LogP contribution is -2.29. The number of carbonyl (C=O) groups excluding carboxylic acids is 2. The predicted octanol–water partition coefficient (Wildman–Crippen LogP) is 5.80. The van der Waals surface area contributed by atoms with E-state index in [0.717, 1.165) is 41.3 Å². The zero-order chi connectivity index (χ0) is 21.2. The van der Waals surface area contributed by atoms with E-state index in [1.54, 1.807) is 6.08 Å². The van der Waals surface area contributed by atoms with E-state index in [-0.39, 0.29) is 11.3 Å². The molecule has 0 aliphatic heterocycles. The van der Waals surface area contributed by atoms with E-state index in [9.17, 15) is 9.59 Å². The molecule has 29 heavy (non-hydrogen) atoms. The minimum Gasteiger partial charge on any atom is -0.365 e. The Kier molecular flexibility index (Phi) is 6.64. The Labute approximate surface area is 184 Å². The van der Waals surface area contributed by atoms with Crippen molar-refractivity contribution in [3.63, 3.8) is 0 Å². The summed E-state index contributed by atoms with van der Waals surface area (Å²) in [5, 5.41) is 3.45. The highest BCUT2D eigenvalue weighted by molar-refractivity contribution is 9.10. The number of carbonyl (C=O) groups is 2. The van der Waals surface area contributed by atoms with Crippen LogP contribution >= 0.6 is 27.3 Å². The Morgan fingerprint density at radius 1 is 1.31 bits per heavy atom. The molecule has 1 aromatic heterocycles. The molecule has 0 spiro atoms. The van der Waals surface area contributed by atoms with E-state index in [1.165, 1.54) is 22.3 Å². The molecule has 0 saturated carbocycles. The highest BCUT2D eigenvalue weighted by Gasteiger charge is 2.34. The van der Waals surface area contributed by atoms with Gasteiger partial charge in [0.2, 0.25) is 5.91 Å². The third-order valence-corrected chi connectivity index (χ3v) is 7.76. The molecule has 1 aliphatic rings. The van der Waals surface area contributed by atoms with Gasteiger partial charge in [-0.05, 0) is 59.9 Å². The summed E-state index contributed by atoms with van der Waals surface area (Å²) in [5.74, 6) is -0.164. The van der Waals surface area contributed by atoms with E-state index in [0.29, 0.717) is 16.5 Å². The van der Waals surface area contributed by atoms with E-state index in [2.05, 4.69) is 42.0 Å².